The smallest absolute Gasteiger partial charge is 0.251 e. The van der Waals surface area contributed by atoms with E-state index < -0.39 is 0 Å². The first-order valence-corrected chi connectivity index (χ1v) is 11.3. The van der Waals surface area contributed by atoms with Gasteiger partial charge in [0.2, 0.25) is 0 Å². The van der Waals surface area contributed by atoms with E-state index in [0.717, 1.165) is 15.5 Å². The first kappa shape index (κ1) is 23.5. The zero-order valence-corrected chi connectivity index (χ0v) is 19.5. The minimum absolute atomic E-state index is 0.00158. The lowest BCUT2D eigenvalue weighted by Crippen LogP contribution is -2.28. The number of benzene rings is 2. The second kappa shape index (κ2) is 10.1. The molecule has 7 N–H and O–H groups in total. The maximum Gasteiger partial charge on any atom is 0.251 e. The maximum absolute atomic E-state index is 12.6. The van der Waals surface area contributed by atoms with Gasteiger partial charge in [-0.25, -0.2) is 4.98 Å². The third kappa shape index (κ3) is 5.31. The van der Waals surface area contributed by atoms with Crippen molar-refractivity contribution in [2.24, 2.45) is 16.1 Å². The molecule has 176 valence electrons. The average molecular weight is 487 g/mol. The molecule has 0 aliphatic rings. The van der Waals surface area contributed by atoms with Gasteiger partial charge >= 0.3 is 0 Å². The zero-order chi connectivity index (χ0) is 24.9. The average Bonchev–Trinajstić information content (AvgIpc) is 3.33. The Hall–Kier alpha value is -4.64. The van der Waals surface area contributed by atoms with Crippen molar-refractivity contribution in [3.63, 3.8) is 0 Å². The number of hydrogen-bond acceptors (Lipinski definition) is 8. The van der Waals surface area contributed by atoms with Crippen LogP contribution in [0.15, 0.2) is 76.1 Å². The van der Waals surface area contributed by atoms with Gasteiger partial charge in [-0.05, 0) is 48.7 Å². The number of nitrogens with zero attached hydrogens (tertiary/aromatic N) is 3. The van der Waals surface area contributed by atoms with Crippen LogP contribution in [0.25, 0.3) is 21.0 Å². The molecule has 11 heteroatoms. The van der Waals surface area contributed by atoms with E-state index in [2.05, 4.69) is 21.0 Å². The summed E-state index contributed by atoms with van der Waals surface area (Å²) in [5.41, 5.74) is 15.3. The molecular weight excluding hydrogens is 464 g/mol. The van der Waals surface area contributed by atoms with Crippen LogP contribution in [0, 0.1) is 10.9 Å². The number of aromatic nitrogens is 1. The molecule has 0 saturated heterocycles. The molecule has 0 fully saturated rings. The molecule has 0 aliphatic carbocycles. The van der Waals surface area contributed by atoms with Crippen LogP contribution in [0.5, 0.6) is 0 Å². The molecule has 10 nitrogen and oxygen atoms in total. The third-order valence-corrected chi connectivity index (χ3v) is 6.01. The van der Waals surface area contributed by atoms with Gasteiger partial charge < -0.3 is 26.9 Å². The highest BCUT2D eigenvalue weighted by Gasteiger charge is 2.13. The minimum Gasteiger partial charge on any atom is -0.513 e. The summed E-state index contributed by atoms with van der Waals surface area (Å²) in [7, 11) is 0. The van der Waals surface area contributed by atoms with E-state index in [4.69, 9.17) is 21.7 Å². The van der Waals surface area contributed by atoms with Crippen LogP contribution in [0.4, 0.5) is 11.5 Å². The second-order valence-corrected chi connectivity index (χ2v) is 8.56. The normalized spacial score (nSPS) is 12.0. The van der Waals surface area contributed by atoms with E-state index in [1.807, 2.05) is 29.6 Å². The molecular formula is C24H22N8O2S. The van der Waals surface area contributed by atoms with Gasteiger partial charge in [-0.1, -0.05) is 23.4 Å². The molecule has 2 aromatic heterocycles. The number of aliphatic hydroxyl groups excluding tert-OH is 1. The van der Waals surface area contributed by atoms with Gasteiger partial charge in [-0.3, -0.25) is 4.79 Å². The van der Waals surface area contributed by atoms with Crippen LogP contribution in [-0.2, 0) is 0 Å². The van der Waals surface area contributed by atoms with Crippen molar-refractivity contribution in [2.45, 2.75) is 6.92 Å². The Morgan fingerprint density at radius 2 is 2.03 bits per heavy atom. The summed E-state index contributed by atoms with van der Waals surface area (Å²) >= 11 is 1.59. The summed E-state index contributed by atoms with van der Waals surface area (Å²) in [6.45, 7) is 1.46. The molecule has 2 heterocycles. The SMILES string of the molecule is C/C(O)=C/C(=N)CNC(=O)c1cccc(Nc2nc3cc(/C(N)=N/N=N)ccc3c3sccc23)c1. The Morgan fingerprint density at radius 3 is 2.80 bits per heavy atom. The van der Waals surface area contributed by atoms with Crippen molar-refractivity contribution in [1.82, 2.24) is 10.3 Å². The number of pyridine rings is 1. The zero-order valence-electron chi connectivity index (χ0n) is 18.7. The standard InChI is InChI=1S/C24H22N8O2S/c1-13(33)9-16(25)12-28-24(34)15-3-2-4-17(10-15)29-23-19-7-8-35-21(19)18-6-5-14(11-20(18)30-23)22(26)31-32-27/h2-11,25,33H,12H2,1H3,(H,28,34)(H,29,30)(H3,26,27,31)/b13-9-,25-16?. The van der Waals surface area contributed by atoms with Gasteiger partial charge in [-0.15, -0.1) is 16.4 Å². The van der Waals surface area contributed by atoms with E-state index in [1.165, 1.54) is 13.0 Å². The number of carbonyl (C=O) groups excluding carboxylic acids is 1. The summed E-state index contributed by atoms with van der Waals surface area (Å²) in [4.78, 5) is 17.3. The van der Waals surface area contributed by atoms with Crippen molar-refractivity contribution in [3.05, 3.63) is 76.9 Å². The lowest BCUT2D eigenvalue weighted by atomic mass is 10.1. The molecule has 0 atom stereocenters. The summed E-state index contributed by atoms with van der Waals surface area (Å²) < 4.78 is 1.05. The number of nitrogens with one attached hydrogen (secondary N) is 4. The van der Waals surface area contributed by atoms with Crippen LogP contribution >= 0.6 is 11.3 Å². The molecule has 0 unspecified atom stereocenters. The summed E-state index contributed by atoms with van der Waals surface area (Å²) in [6, 6.07) is 14.5. The van der Waals surface area contributed by atoms with Gasteiger partial charge in [0.05, 0.1) is 23.5 Å². The number of rotatable bonds is 8. The molecule has 0 aliphatic heterocycles. The first-order chi connectivity index (χ1) is 16.9. The highest BCUT2D eigenvalue weighted by atomic mass is 32.1. The van der Waals surface area contributed by atoms with Gasteiger partial charge in [0.25, 0.3) is 5.91 Å². The Kier molecular flexibility index (Phi) is 6.78. The number of fused-ring (bicyclic) bond motifs is 3. The van der Waals surface area contributed by atoms with Crippen LogP contribution in [0.1, 0.15) is 22.8 Å². The van der Waals surface area contributed by atoms with Gasteiger partial charge in [0, 0.05) is 32.3 Å². The summed E-state index contributed by atoms with van der Waals surface area (Å²) in [5, 5.41) is 33.4. The molecule has 1 amide bonds. The number of amidine groups is 1. The highest BCUT2D eigenvalue weighted by molar-refractivity contribution is 7.18. The van der Waals surface area contributed by atoms with E-state index in [0.29, 0.717) is 28.1 Å². The fourth-order valence-electron chi connectivity index (χ4n) is 3.52. The maximum atomic E-state index is 12.6. The van der Waals surface area contributed by atoms with Crippen molar-refractivity contribution < 1.29 is 9.90 Å². The molecule has 35 heavy (non-hydrogen) atoms. The Labute approximate surface area is 204 Å². The number of allylic oxidation sites excluding steroid dienone is 1. The number of aliphatic hydroxyl groups is 1. The third-order valence-electron chi connectivity index (χ3n) is 5.06. The Bertz CT molecular complexity index is 1520. The van der Waals surface area contributed by atoms with Gasteiger partial charge in [-0.2, -0.15) is 5.53 Å². The number of anilines is 2. The molecule has 0 bridgehead atoms. The van der Waals surface area contributed by atoms with Crippen LogP contribution in [0.3, 0.4) is 0 Å². The van der Waals surface area contributed by atoms with E-state index in [1.54, 1.807) is 35.6 Å². The quantitative estimate of drug-likeness (QED) is 0.0670. The molecule has 0 radical (unpaired) electrons. The largest absolute Gasteiger partial charge is 0.513 e. The van der Waals surface area contributed by atoms with Crippen LogP contribution in [-0.4, -0.2) is 34.1 Å². The number of hydrogen-bond donors (Lipinski definition) is 6. The summed E-state index contributed by atoms with van der Waals surface area (Å²) in [5.74, 6) is 0.413. The van der Waals surface area contributed by atoms with Crippen molar-refractivity contribution in [2.75, 3.05) is 11.9 Å². The van der Waals surface area contributed by atoms with Crippen LogP contribution in [0.2, 0.25) is 0 Å². The monoisotopic (exact) mass is 486 g/mol. The second-order valence-electron chi connectivity index (χ2n) is 7.64. The van der Waals surface area contributed by atoms with E-state index >= 15 is 0 Å². The Morgan fingerprint density at radius 1 is 1.20 bits per heavy atom. The number of carbonyl (C=O) groups is 1. The van der Waals surface area contributed by atoms with Crippen molar-refractivity contribution >= 4 is 61.3 Å². The Balaban J connectivity index is 1.63. The van der Waals surface area contributed by atoms with Crippen molar-refractivity contribution in [3.8, 4) is 0 Å². The first-order valence-electron chi connectivity index (χ1n) is 10.5. The molecule has 2 aromatic carbocycles. The minimum atomic E-state index is -0.339. The number of amides is 1. The number of thiophene rings is 1. The topological polar surface area (TPSA) is 173 Å². The molecule has 0 saturated carbocycles. The van der Waals surface area contributed by atoms with Crippen LogP contribution < -0.4 is 16.4 Å². The summed E-state index contributed by atoms with van der Waals surface area (Å²) in [6.07, 6.45) is 1.28. The lowest BCUT2D eigenvalue weighted by Gasteiger charge is -2.11. The van der Waals surface area contributed by atoms with Crippen molar-refractivity contribution in [1.29, 1.82) is 10.9 Å². The lowest BCUT2D eigenvalue weighted by molar-refractivity contribution is 0.0959. The predicted octanol–water partition coefficient (Wildman–Crippen LogP) is 5.06. The van der Waals surface area contributed by atoms with E-state index in [9.17, 15) is 9.90 Å². The highest BCUT2D eigenvalue weighted by Crippen LogP contribution is 2.35. The fourth-order valence-corrected chi connectivity index (χ4v) is 4.45. The van der Waals surface area contributed by atoms with Gasteiger partial charge in [0.15, 0.2) is 5.84 Å². The fraction of sp³-hybridized carbons (Fsp3) is 0.0833. The molecule has 4 aromatic rings. The van der Waals surface area contributed by atoms with E-state index in [-0.39, 0.29) is 29.8 Å². The number of nitrogens with two attached hydrogens (primary N) is 1. The van der Waals surface area contributed by atoms with Gasteiger partial charge in [0.1, 0.15) is 5.82 Å². The molecule has 0 spiro atoms. The predicted molar refractivity (Wildman–Crippen MR) is 139 cm³/mol. The molecule has 4 rings (SSSR count).